The second kappa shape index (κ2) is 6.99. The van der Waals surface area contributed by atoms with Crippen molar-refractivity contribution in [2.24, 2.45) is 0 Å². The molecule has 0 aliphatic heterocycles. The van der Waals surface area contributed by atoms with Gasteiger partial charge in [-0.25, -0.2) is 8.42 Å². The molecular formula is C20H20N2O2S. The van der Waals surface area contributed by atoms with Gasteiger partial charge in [0.25, 0.3) is 10.0 Å². The van der Waals surface area contributed by atoms with Gasteiger partial charge in [-0.15, -0.1) is 0 Å². The molecule has 0 atom stereocenters. The van der Waals surface area contributed by atoms with Crippen LogP contribution >= 0.6 is 0 Å². The van der Waals surface area contributed by atoms with Gasteiger partial charge in [0.05, 0.1) is 17.1 Å². The molecule has 0 spiro atoms. The third kappa shape index (κ3) is 3.83. The lowest BCUT2D eigenvalue weighted by molar-refractivity contribution is 0.590. The van der Waals surface area contributed by atoms with Crippen LogP contribution in [-0.4, -0.2) is 8.42 Å². The Morgan fingerprint density at radius 1 is 0.840 bits per heavy atom. The molecule has 2 N–H and O–H groups in total. The maximum Gasteiger partial charge on any atom is 0.264 e. The van der Waals surface area contributed by atoms with Crippen LogP contribution in [0.25, 0.3) is 0 Å². The van der Waals surface area contributed by atoms with Gasteiger partial charge in [0.1, 0.15) is 0 Å². The summed E-state index contributed by atoms with van der Waals surface area (Å²) < 4.78 is 27.8. The average Bonchev–Trinajstić information content (AvgIpc) is 2.62. The predicted molar refractivity (Wildman–Crippen MR) is 102 cm³/mol. The number of aryl methyl sites for hydroxylation is 1. The Morgan fingerprint density at radius 3 is 2.04 bits per heavy atom. The fourth-order valence-corrected chi connectivity index (χ4v) is 3.99. The lowest BCUT2D eigenvalue weighted by Crippen LogP contribution is -2.30. The van der Waals surface area contributed by atoms with Gasteiger partial charge in [-0.2, -0.15) is 0 Å². The number of nitrogens with zero attached hydrogens (tertiary/aromatic N) is 1. The molecule has 25 heavy (non-hydrogen) atoms. The molecule has 3 rings (SSSR count). The summed E-state index contributed by atoms with van der Waals surface area (Å²) in [5.41, 5.74) is 8.90. The number of anilines is 2. The van der Waals surface area contributed by atoms with E-state index in [1.54, 1.807) is 24.3 Å². The van der Waals surface area contributed by atoms with Gasteiger partial charge in [0, 0.05) is 5.69 Å². The van der Waals surface area contributed by atoms with Gasteiger partial charge < -0.3 is 5.73 Å². The van der Waals surface area contributed by atoms with E-state index in [1.165, 1.54) is 16.4 Å². The Labute approximate surface area is 148 Å². The molecule has 3 aromatic rings. The molecule has 128 valence electrons. The van der Waals surface area contributed by atoms with Crippen LogP contribution in [0.5, 0.6) is 0 Å². The topological polar surface area (TPSA) is 63.4 Å². The summed E-state index contributed by atoms with van der Waals surface area (Å²) in [5.74, 6) is 0. The van der Waals surface area contributed by atoms with E-state index < -0.39 is 10.0 Å². The van der Waals surface area contributed by atoms with E-state index in [2.05, 4.69) is 0 Å². The highest BCUT2D eigenvalue weighted by molar-refractivity contribution is 7.92. The monoisotopic (exact) mass is 352 g/mol. The Balaban J connectivity index is 2.04. The predicted octanol–water partition coefficient (Wildman–Crippen LogP) is 3.97. The number of benzene rings is 3. The van der Waals surface area contributed by atoms with Crippen LogP contribution in [-0.2, 0) is 16.6 Å². The van der Waals surface area contributed by atoms with Crippen molar-refractivity contribution < 1.29 is 8.42 Å². The van der Waals surface area contributed by atoms with E-state index in [0.717, 1.165) is 11.1 Å². The van der Waals surface area contributed by atoms with Gasteiger partial charge >= 0.3 is 0 Å². The summed E-state index contributed by atoms with van der Waals surface area (Å²) in [6.07, 6.45) is 0. The fraction of sp³-hybridized carbons (Fsp3) is 0.100. The molecule has 3 aromatic carbocycles. The quantitative estimate of drug-likeness (QED) is 0.707. The zero-order valence-electron chi connectivity index (χ0n) is 14.0. The molecule has 4 nitrogen and oxygen atoms in total. The smallest absolute Gasteiger partial charge is 0.264 e. The van der Waals surface area contributed by atoms with Crippen LogP contribution < -0.4 is 10.0 Å². The van der Waals surface area contributed by atoms with Gasteiger partial charge in [-0.05, 0) is 48.9 Å². The van der Waals surface area contributed by atoms with Gasteiger partial charge in [-0.1, -0.05) is 48.0 Å². The number of para-hydroxylation sites is 1. The number of hydrogen-bond acceptors (Lipinski definition) is 3. The molecule has 0 radical (unpaired) electrons. The summed E-state index contributed by atoms with van der Waals surface area (Å²) in [6, 6.07) is 23.2. The second-order valence-corrected chi connectivity index (χ2v) is 7.76. The fourth-order valence-electron chi connectivity index (χ4n) is 2.54. The van der Waals surface area contributed by atoms with Crippen molar-refractivity contribution in [1.29, 1.82) is 0 Å². The number of hydrogen-bond donors (Lipinski definition) is 1. The minimum Gasteiger partial charge on any atom is -0.399 e. The average molecular weight is 352 g/mol. The van der Waals surface area contributed by atoms with Gasteiger partial charge in [0.2, 0.25) is 0 Å². The highest BCUT2D eigenvalue weighted by Gasteiger charge is 2.25. The Kier molecular flexibility index (Phi) is 4.76. The number of nitrogen functional groups attached to an aromatic ring is 1. The van der Waals surface area contributed by atoms with Crippen molar-refractivity contribution in [2.75, 3.05) is 10.0 Å². The van der Waals surface area contributed by atoms with E-state index in [9.17, 15) is 8.42 Å². The first-order valence-electron chi connectivity index (χ1n) is 7.96. The van der Waals surface area contributed by atoms with Crippen LogP contribution in [0.1, 0.15) is 11.1 Å². The maximum atomic E-state index is 13.2. The van der Waals surface area contributed by atoms with Gasteiger partial charge in [-0.3, -0.25) is 4.31 Å². The number of rotatable bonds is 5. The second-order valence-electron chi connectivity index (χ2n) is 5.90. The summed E-state index contributed by atoms with van der Waals surface area (Å²) in [4.78, 5) is 0.220. The SMILES string of the molecule is Cc1ccc(CN(c2ccccc2)S(=O)(=O)c2ccc(N)cc2)cc1. The molecule has 0 fully saturated rings. The van der Waals surface area contributed by atoms with E-state index >= 15 is 0 Å². The molecule has 5 heteroatoms. The van der Waals surface area contributed by atoms with Crippen LogP contribution in [0.15, 0.2) is 83.8 Å². The van der Waals surface area contributed by atoms with Crippen molar-refractivity contribution in [3.8, 4) is 0 Å². The van der Waals surface area contributed by atoms with E-state index in [4.69, 9.17) is 5.73 Å². The van der Waals surface area contributed by atoms with E-state index in [1.807, 2.05) is 49.4 Å². The Hall–Kier alpha value is -2.79. The molecule has 0 saturated carbocycles. The summed E-state index contributed by atoms with van der Waals surface area (Å²) in [7, 11) is -3.70. The maximum absolute atomic E-state index is 13.2. The lowest BCUT2D eigenvalue weighted by Gasteiger charge is -2.25. The molecule has 0 bridgehead atoms. The third-order valence-electron chi connectivity index (χ3n) is 3.96. The Bertz CT molecular complexity index is 935. The number of nitrogens with two attached hydrogens (primary N) is 1. The minimum absolute atomic E-state index is 0.220. The molecule has 0 unspecified atom stereocenters. The zero-order chi connectivity index (χ0) is 17.9. The van der Waals surface area contributed by atoms with E-state index in [-0.39, 0.29) is 11.4 Å². The molecule has 0 amide bonds. The van der Waals surface area contributed by atoms with Crippen LogP contribution in [0.4, 0.5) is 11.4 Å². The summed E-state index contributed by atoms with van der Waals surface area (Å²) >= 11 is 0. The van der Waals surface area contributed by atoms with Crippen LogP contribution in [0.3, 0.4) is 0 Å². The molecular weight excluding hydrogens is 332 g/mol. The standard InChI is InChI=1S/C20H20N2O2S/c1-16-7-9-17(10-8-16)15-22(19-5-3-2-4-6-19)25(23,24)20-13-11-18(21)12-14-20/h2-14H,15,21H2,1H3. The zero-order valence-corrected chi connectivity index (χ0v) is 14.8. The molecule has 0 aliphatic carbocycles. The Morgan fingerprint density at radius 2 is 1.44 bits per heavy atom. The third-order valence-corrected chi connectivity index (χ3v) is 5.75. The van der Waals surface area contributed by atoms with Gasteiger partial charge in [0.15, 0.2) is 0 Å². The molecule has 0 aromatic heterocycles. The molecule has 0 saturated heterocycles. The minimum atomic E-state index is -3.70. The van der Waals surface area contributed by atoms with E-state index in [0.29, 0.717) is 11.4 Å². The first-order chi connectivity index (χ1) is 12.0. The van der Waals surface area contributed by atoms with Crippen molar-refractivity contribution in [1.82, 2.24) is 0 Å². The van der Waals surface area contributed by atoms with Crippen LogP contribution in [0.2, 0.25) is 0 Å². The summed E-state index contributed by atoms with van der Waals surface area (Å²) in [5, 5.41) is 0. The normalized spacial score (nSPS) is 11.2. The highest BCUT2D eigenvalue weighted by atomic mass is 32.2. The molecule has 0 heterocycles. The van der Waals surface area contributed by atoms with Crippen molar-refractivity contribution in [2.45, 2.75) is 18.4 Å². The van der Waals surface area contributed by atoms with Crippen LogP contribution in [0, 0.1) is 6.92 Å². The highest BCUT2D eigenvalue weighted by Crippen LogP contribution is 2.26. The van der Waals surface area contributed by atoms with Crippen molar-refractivity contribution >= 4 is 21.4 Å². The lowest BCUT2D eigenvalue weighted by atomic mass is 10.1. The molecule has 0 aliphatic rings. The summed E-state index contributed by atoms with van der Waals surface area (Å²) in [6.45, 7) is 2.26. The number of sulfonamides is 1. The first kappa shape index (κ1) is 17.0. The largest absolute Gasteiger partial charge is 0.399 e. The van der Waals surface area contributed by atoms with Crippen molar-refractivity contribution in [3.05, 3.63) is 90.0 Å². The first-order valence-corrected chi connectivity index (χ1v) is 9.40. The van der Waals surface area contributed by atoms with Crippen molar-refractivity contribution in [3.63, 3.8) is 0 Å².